The summed E-state index contributed by atoms with van der Waals surface area (Å²) in [5.41, 5.74) is 1.26. The zero-order valence-corrected chi connectivity index (χ0v) is 16.8. The van der Waals surface area contributed by atoms with Crippen molar-refractivity contribution in [2.24, 2.45) is 10.8 Å². The number of aliphatic hydroxyl groups excluding tert-OH is 2. The van der Waals surface area contributed by atoms with Crippen molar-refractivity contribution in [3.8, 4) is 0 Å². The molecule has 0 aliphatic rings. The molecule has 1 unspecified atom stereocenters. The van der Waals surface area contributed by atoms with Crippen LogP contribution in [0.2, 0.25) is 0 Å². The Morgan fingerprint density at radius 2 is 1.54 bits per heavy atom. The molecule has 1 aromatic carbocycles. The molecular weight excluding hydrogens is 328 g/mol. The second kappa shape index (κ2) is 9.43. The van der Waals surface area contributed by atoms with E-state index in [0.29, 0.717) is 31.2 Å². The second-order valence-corrected chi connectivity index (χ2v) is 9.21. The number of benzene rings is 1. The molecule has 0 heterocycles. The van der Waals surface area contributed by atoms with Gasteiger partial charge in [-0.15, -0.1) is 0 Å². The molecule has 0 aromatic heterocycles. The van der Waals surface area contributed by atoms with Crippen LogP contribution in [0.15, 0.2) is 24.3 Å². The van der Waals surface area contributed by atoms with Crippen LogP contribution in [0.25, 0.3) is 0 Å². The van der Waals surface area contributed by atoms with Crippen molar-refractivity contribution in [1.29, 1.82) is 0 Å². The zero-order valence-electron chi connectivity index (χ0n) is 16.8. The van der Waals surface area contributed by atoms with Gasteiger partial charge in [0.1, 0.15) is 11.9 Å². The first-order chi connectivity index (χ1) is 11.9. The number of carbonyl (C=O) groups is 2. The Labute approximate surface area is 157 Å². The van der Waals surface area contributed by atoms with Crippen LogP contribution in [0.5, 0.6) is 0 Å². The second-order valence-electron chi connectivity index (χ2n) is 9.21. The maximum atomic E-state index is 12.1. The van der Waals surface area contributed by atoms with E-state index in [-0.39, 0.29) is 29.0 Å². The number of carbonyl (C=O) groups excluding carboxylic acids is 2. The fourth-order valence-corrected chi connectivity index (χ4v) is 2.51. The fraction of sp³-hybridized carbons (Fsp3) is 0.636. The van der Waals surface area contributed by atoms with E-state index in [9.17, 15) is 19.8 Å². The molecular formula is C22H34O4. The molecule has 1 aromatic rings. The normalized spacial score (nSPS) is 13.5. The molecule has 0 amide bonds. The van der Waals surface area contributed by atoms with Gasteiger partial charge in [-0.2, -0.15) is 0 Å². The number of Topliss-reactive ketones (excluding diaryl/α,β-unsaturated/α-hetero) is 2. The molecule has 0 bridgehead atoms. The lowest BCUT2D eigenvalue weighted by molar-refractivity contribution is -0.128. The maximum absolute atomic E-state index is 12.1. The van der Waals surface area contributed by atoms with E-state index in [2.05, 4.69) is 20.8 Å². The van der Waals surface area contributed by atoms with Crippen molar-refractivity contribution < 1.29 is 19.8 Å². The van der Waals surface area contributed by atoms with Crippen LogP contribution in [-0.2, 0) is 16.0 Å². The largest absolute Gasteiger partial charge is 0.396 e. The third kappa shape index (κ3) is 8.24. The zero-order chi connectivity index (χ0) is 20.0. The highest BCUT2D eigenvalue weighted by atomic mass is 16.3. The highest BCUT2D eigenvalue weighted by molar-refractivity contribution is 5.84. The molecule has 0 fully saturated rings. The van der Waals surface area contributed by atoms with Gasteiger partial charge in [-0.05, 0) is 34.8 Å². The lowest BCUT2D eigenvalue weighted by Crippen LogP contribution is -2.18. The molecule has 0 aliphatic carbocycles. The van der Waals surface area contributed by atoms with E-state index in [1.165, 1.54) is 0 Å². The Morgan fingerprint density at radius 1 is 0.962 bits per heavy atom. The van der Waals surface area contributed by atoms with Gasteiger partial charge in [-0.25, -0.2) is 0 Å². The van der Waals surface area contributed by atoms with Crippen molar-refractivity contribution in [2.75, 3.05) is 6.61 Å². The molecule has 26 heavy (non-hydrogen) atoms. The van der Waals surface area contributed by atoms with Crippen molar-refractivity contribution >= 4 is 11.6 Å². The number of rotatable bonds is 10. The molecule has 146 valence electrons. The van der Waals surface area contributed by atoms with Gasteiger partial charge in [-0.1, -0.05) is 58.9 Å². The van der Waals surface area contributed by atoms with Crippen LogP contribution in [0.3, 0.4) is 0 Å². The topological polar surface area (TPSA) is 74.6 Å². The SMILES string of the molecule is CC(C)(C)CCC(=O)C(O)c1ccc(CC(=O)CCC(C)(C)CO)cc1. The minimum Gasteiger partial charge on any atom is -0.396 e. The predicted octanol–water partition coefficient (Wildman–Crippen LogP) is 4.03. The molecule has 0 aliphatic heterocycles. The van der Waals surface area contributed by atoms with E-state index in [1.807, 2.05) is 13.8 Å². The molecule has 4 heteroatoms. The summed E-state index contributed by atoms with van der Waals surface area (Å²) < 4.78 is 0. The van der Waals surface area contributed by atoms with E-state index in [1.54, 1.807) is 24.3 Å². The van der Waals surface area contributed by atoms with Crippen LogP contribution >= 0.6 is 0 Å². The Bertz CT molecular complexity index is 594. The standard InChI is InChI=1S/C22H34O4/c1-21(2,3)12-11-19(25)20(26)17-8-6-16(7-9-17)14-18(24)10-13-22(4,5)15-23/h6-9,20,23,26H,10-15H2,1-5H3. The van der Waals surface area contributed by atoms with Gasteiger partial charge in [0.05, 0.1) is 0 Å². The predicted molar refractivity (Wildman–Crippen MR) is 104 cm³/mol. The smallest absolute Gasteiger partial charge is 0.165 e. The van der Waals surface area contributed by atoms with Crippen molar-refractivity contribution in [1.82, 2.24) is 0 Å². The van der Waals surface area contributed by atoms with Crippen molar-refractivity contribution in [3.05, 3.63) is 35.4 Å². The first kappa shape index (κ1) is 22.5. The molecule has 0 spiro atoms. The van der Waals surface area contributed by atoms with Gasteiger partial charge in [0.25, 0.3) is 0 Å². The van der Waals surface area contributed by atoms with E-state index < -0.39 is 6.10 Å². The number of aliphatic hydroxyl groups is 2. The van der Waals surface area contributed by atoms with Crippen LogP contribution in [0, 0.1) is 10.8 Å². The monoisotopic (exact) mass is 362 g/mol. The molecule has 4 nitrogen and oxygen atoms in total. The molecule has 0 saturated heterocycles. The summed E-state index contributed by atoms with van der Waals surface area (Å²) in [7, 11) is 0. The van der Waals surface area contributed by atoms with Crippen molar-refractivity contribution in [3.63, 3.8) is 0 Å². The van der Waals surface area contributed by atoms with Gasteiger partial charge in [0.2, 0.25) is 0 Å². The summed E-state index contributed by atoms with van der Waals surface area (Å²) in [6.07, 6.45) is 1.40. The third-order valence-electron chi connectivity index (χ3n) is 4.63. The quantitative estimate of drug-likeness (QED) is 0.659. The average molecular weight is 363 g/mol. The van der Waals surface area contributed by atoms with Crippen LogP contribution in [-0.4, -0.2) is 28.4 Å². The van der Waals surface area contributed by atoms with Gasteiger partial charge < -0.3 is 10.2 Å². The summed E-state index contributed by atoms with van der Waals surface area (Å²) in [5, 5.41) is 19.5. The average Bonchev–Trinajstić information content (AvgIpc) is 2.57. The first-order valence-corrected chi connectivity index (χ1v) is 9.36. The van der Waals surface area contributed by atoms with Crippen LogP contribution in [0.4, 0.5) is 0 Å². The summed E-state index contributed by atoms with van der Waals surface area (Å²) in [6, 6.07) is 7.04. The highest BCUT2D eigenvalue weighted by Crippen LogP contribution is 2.25. The molecule has 0 radical (unpaired) electrons. The molecule has 2 N–H and O–H groups in total. The van der Waals surface area contributed by atoms with E-state index in [0.717, 1.165) is 12.0 Å². The van der Waals surface area contributed by atoms with Crippen LogP contribution in [0.1, 0.15) is 77.5 Å². The lowest BCUT2D eigenvalue weighted by Gasteiger charge is -2.20. The number of hydrogen-bond donors (Lipinski definition) is 2. The minimum absolute atomic E-state index is 0.0597. The fourth-order valence-electron chi connectivity index (χ4n) is 2.51. The van der Waals surface area contributed by atoms with E-state index in [4.69, 9.17) is 0 Å². The first-order valence-electron chi connectivity index (χ1n) is 9.36. The highest BCUT2D eigenvalue weighted by Gasteiger charge is 2.21. The lowest BCUT2D eigenvalue weighted by atomic mass is 9.87. The van der Waals surface area contributed by atoms with Crippen LogP contribution < -0.4 is 0 Å². The van der Waals surface area contributed by atoms with Gasteiger partial charge in [0.15, 0.2) is 5.78 Å². The summed E-state index contributed by atoms with van der Waals surface area (Å²) in [5.74, 6) is -0.0453. The Morgan fingerprint density at radius 3 is 2.04 bits per heavy atom. The minimum atomic E-state index is -1.10. The van der Waals surface area contributed by atoms with Gasteiger partial charge in [-0.3, -0.25) is 9.59 Å². The number of ketones is 2. The Balaban J connectivity index is 2.57. The number of hydrogen-bond acceptors (Lipinski definition) is 4. The summed E-state index contributed by atoms with van der Waals surface area (Å²) in [6.45, 7) is 10.1. The van der Waals surface area contributed by atoms with Gasteiger partial charge in [0, 0.05) is 25.9 Å². The Kier molecular flexibility index (Phi) is 8.16. The molecule has 1 rings (SSSR count). The molecule has 0 saturated carbocycles. The maximum Gasteiger partial charge on any atom is 0.165 e. The molecule has 1 atom stereocenters. The Hall–Kier alpha value is -1.52. The summed E-state index contributed by atoms with van der Waals surface area (Å²) in [4.78, 5) is 24.2. The van der Waals surface area contributed by atoms with Crippen molar-refractivity contribution in [2.45, 2.75) is 72.8 Å². The summed E-state index contributed by atoms with van der Waals surface area (Å²) >= 11 is 0. The van der Waals surface area contributed by atoms with Gasteiger partial charge >= 0.3 is 0 Å². The third-order valence-corrected chi connectivity index (χ3v) is 4.63. The van der Waals surface area contributed by atoms with E-state index >= 15 is 0 Å².